The van der Waals surface area contributed by atoms with Crippen LogP contribution in [-0.2, 0) is 6.61 Å². The molecule has 0 saturated heterocycles. The molecule has 2 rings (SSSR count). The molecule has 1 N–H and O–H groups in total. The molecule has 0 amide bonds. The van der Waals surface area contributed by atoms with E-state index in [1.54, 1.807) is 7.11 Å². The van der Waals surface area contributed by atoms with Crippen molar-refractivity contribution in [3.8, 4) is 5.75 Å². The monoisotopic (exact) mass is 192 g/mol. The lowest BCUT2D eigenvalue weighted by atomic mass is 10.1. The van der Waals surface area contributed by atoms with Gasteiger partial charge in [0.05, 0.1) is 7.11 Å². The smallest absolute Gasteiger partial charge is 0.138 e. The molecule has 0 atom stereocenters. The third-order valence-electron chi connectivity index (χ3n) is 2.26. The number of rotatable bonds is 2. The molecule has 0 radical (unpaired) electrons. The zero-order valence-corrected chi connectivity index (χ0v) is 8.20. The van der Waals surface area contributed by atoms with Crippen LogP contribution in [-0.4, -0.2) is 12.2 Å². The molecule has 0 spiro atoms. The highest BCUT2D eigenvalue weighted by atomic mass is 16.5. The van der Waals surface area contributed by atoms with Crippen LogP contribution in [0.25, 0.3) is 11.0 Å². The molecule has 14 heavy (non-hydrogen) atoms. The normalized spacial score (nSPS) is 10.8. The van der Waals surface area contributed by atoms with Crippen molar-refractivity contribution in [1.29, 1.82) is 0 Å². The fraction of sp³-hybridized carbons (Fsp3) is 0.273. The molecule has 1 aromatic heterocycles. The first-order valence-corrected chi connectivity index (χ1v) is 4.42. The molecule has 1 heterocycles. The van der Waals surface area contributed by atoms with Crippen molar-refractivity contribution in [2.75, 3.05) is 7.11 Å². The number of benzene rings is 1. The van der Waals surface area contributed by atoms with Gasteiger partial charge in [0.25, 0.3) is 0 Å². The number of hydrogen-bond donors (Lipinski definition) is 1. The van der Waals surface area contributed by atoms with E-state index in [9.17, 15) is 0 Å². The van der Waals surface area contributed by atoms with Crippen LogP contribution in [0.15, 0.2) is 22.6 Å². The molecule has 2 aromatic rings. The summed E-state index contributed by atoms with van der Waals surface area (Å²) in [5, 5.41) is 9.95. The molecule has 0 aliphatic rings. The number of aliphatic hydroxyl groups excluding tert-OH is 1. The van der Waals surface area contributed by atoms with E-state index < -0.39 is 0 Å². The van der Waals surface area contributed by atoms with Gasteiger partial charge in [-0.15, -0.1) is 0 Å². The summed E-state index contributed by atoms with van der Waals surface area (Å²) in [6.45, 7) is 1.91. The van der Waals surface area contributed by atoms with Gasteiger partial charge in [-0.25, -0.2) is 0 Å². The van der Waals surface area contributed by atoms with Crippen LogP contribution in [0.4, 0.5) is 0 Å². The van der Waals surface area contributed by atoms with Gasteiger partial charge in [-0.1, -0.05) is 0 Å². The molecule has 3 nitrogen and oxygen atoms in total. The Bertz CT molecular complexity index is 457. The third-order valence-corrected chi connectivity index (χ3v) is 2.26. The Labute approximate surface area is 81.9 Å². The minimum Gasteiger partial charge on any atom is -0.497 e. The average Bonchev–Trinajstić information content (AvgIpc) is 2.61. The maximum Gasteiger partial charge on any atom is 0.138 e. The second kappa shape index (κ2) is 3.35. The Morgan fingerprint density at radius 3 is 2.79 bits per heavy atom. The number of hydrogen-bond acceptors (Lipinski definition) is 3. The van der Waals surface area contributed by atoms with E-state index in [-0.39, 0.29) is 6.61 Å². The molecule has 0 aliphatic carbocycles. The predicted molar refractivity (Wildman–Crippen MR) is 53.4 cm³/mol. The summed E-state index contributed by atoms with van der Waals surface area (Å²) in [4.78, 5) is 0. The fourth-order valence-corrected chi connectivity index (χ4v) is 1.53. The summed E-state index contributed by atoms with van der Waals surface area (Å²) in [7, 11) is 1.62. The van der Waals surface area contributed by atoms with Gasteiger partial charge in [-0.3, -0.25) is 0 Å². The molecular formula is C11H12O3. The van der Waals surface area contributed by atoms with Gasteiger partial charge in [0, 0.05) is 11.5 Å². The van der Waals surface area contributed by atoms with Gasteiger partial charge in [0.15, 0.2) is 0 Å². The maximum absolute atomic E-state index is 8.93. The Hall–Kier alpha value is -1.48. The van der Waals surface area contributed by atoms with Gasteiger partial charge >= 0.3 is 0 Å². The van der Waals surface area contributed by atoms with E-state index in [1.807, 2.05) is 25.1 Å². The second-order valence-electron chi connectivity index (χ2n) is 3.23. The van der Waals surface area contributed by atoms with Gasteiger partial charge in [0.2, 0.25) is 0 Å². The standard InChI is InChI=1S/C11H12O3/c1-7-3-8(13-2)5-11-10(7)4-9(6-12)14-11/h3-5,12H,6H2,1-2H3. The van der Waals surface area contributed by atoms with Crippen LogP contribution < -0.4 is 4.74 Å². The number of furan rings is 1. The quantitative estimate of drug-likeness (QED) is 0.793. The first-order chi connectivity index (χ1) is 6.74. The Kier molecular flexibility index (Phi) is 2.17. The second-order valence-corrected chi connectivity index (χ2v) is 3.23. The Morgan fingerprint density at radius 1 is 1.36 bits per heavy atom. The largest absolute Gasteiger partial charge is 0.497 e. The molecule has 0 aliphatic heterocycles. The van der Waals surface area contributed by atoms with Crippen LogP contribution in [0.1, 0.15) is 11.3 Å². The van der Waals surface area contributed by atoms with Gasteiger partial charge in [-0.2, -0.15) is 0 Å². The van der Waals surface area contributed by atoms with E-state index in [2.05, 4.69) is 0 Å². The molecule has 0 fully saturated rings. The topological polar surface area (TPSA) is 42.6 Å². The fourth-order valence-electron chi connectivity index (χ4n) is 1.53. The molecular weight excluding hydrogens is 180 g/mol. The molecule has 1 aromatic carbocycles. The lowest BCUT2D eigenvalue weighted by Crippen LogP contribution is -1.83. The predicted octanol–water partition coefficient (Wildman–Crippen LogP) is 2.24. The number of methoxy groups -OCH3 is 1. The van der Waals surface area contributed by atoms with Gasteiger partial charge in [0.1, 0.15) is 23.7 Å². The van der Waals surface area contributed by atoms with Crippen molar-refractivity contribution in [3.05, 3.63) is 29.5 Å². The van der Waals surface area contributed by atoms with Crippen LogP contribution in [0, 0.1) is 6.92 Å². The van der Waals surface area contributed by atoms with E-state index in [1.165, 1.54) is 0 Å². The van der Waals surface area contributed by atoms with Crippen molar-refractivity contribution in [2.45, 2.75) is 13.5 Å². The molecule has 3 heteroatoms. The van der Waals surface area contributed by atoms with Gasteiger partial charge in [-0.05, 0) is 24.6 Å². The zero-order chi connectivity index (χ0) is 10.1. The Balaban J connectivity index is 2.67. The third kappa shape index (κ3) is 1.36. The van der Waals surface area contributed by atoms with Crippen LogP contribution >= 0.6 is 0 Å². The number of aryl methyl sites for hydroxylation is 1. The summed E-state index contributed by atoms with van der Waals surface area (Å²) in [6.07, 6.45) is 0. The van der Waals surface area contributed by atoms with Crippen LogP contribution in [0.5, 0.6) is 5.75 Å². The number of aliphatic hydroxyl groups is 1. The molecule has 0 unspecified atom stereocenters. The molecule has 0 saturated carbocycles. The van der Waals surface area contributed by atoms with E-state index in [0.717, 1.165) is 22.3 Å². The summed E-state index contributed by atoms with van der Waals surface area (Å²) < 4.78 is 10.5. The van der Waals surface area contributed by atoms with Crippen molar-refractivity contribution in [1.82, 2.24) is 0 Å². The summed E-state index contributed by atoms with van der Waals surface area (Å²) in [5.74, 6) is 1.35. The van der Waals surface area contributed by atoms with Crippen molar-refractivity contribution < 1.29 is 14.3 Å². The van der Waals surface area contributed by atoms with Crippen LogP contribution in [0.2, 0.25) is 0 Å². The zero-order valence-electron chi connectivity index (χ0n) is 8.20. The average molecular weight is 192 g/mol. The highest BCUT2D eigenvalue weighted by Crippen LogP contribution is 2.27. The minimum absolute atomic E-state index is 0.0730. The highest BCUT2D eigenvalue weighted by Gasteiger charge is 2.07. The maximum atomic E-state index is 8.93. The van der Waals surface area contributed by atoms with Crippen molar-refractivity contribution in [2.24, 2.45) is 0 Å². The van der Waals surface area contributed by atoms with E-state index in [0.29, 0.717) is 5.76 Å². The molecule has 74 valence electrons. The summed E-state index contributed by atoms with van der Waals surface area (Å²) >= 11 is 0. The first kappa shape index (κ1) is 9.09. The summed E-state index contributed by atoms with van der Waals surface area (Å²) in [6, 6.07) is 5.62. The van der Waals surface area contributed by atoms with Crippen molar-refractivity contribution >= 4 is 11.0 Å². The van der Waals surface area contributed by atoms with Gasteiger partial charge < -0.3 is 14.3 Å². The lowest BCUT2D eigenvalue weighted by Gasteiger charge is -2.00. The van der Waals surface area contributed by atoms with Crippen molar-refractivity contribution in [3.63, 3.8) is 0 Å². The van der Waals surface area contributed by atoms with E-state index >= 15 is 0 Å². The Morgan fingerprint density at radius 2 is 2.14 bits per heavy atom. The highest BCUT2D eigenvalue weighted by molar-refractivity contribution is 5.83. The first-order valence-electron chi connectivity index (χ1n) is 4.42. The number of fused-ring (bicyclic) bond motifs is 1. The number of ether oxygens (including phenoxy) is 1. The minimum atomic E-state index is -0.0730. The van der Waals surface area contributed by atoms with Crippen LogP contribution in [0.3, 0.4) is 0 Å². The SMILES string of the molecule is COc1cc(C)c2cc(CO)oc2c1. The lowest BCUT2D eigenvalue weighted by molar-refractivity contribution is 0.251. The summed E-state index contributed by atoms with van der Waals surface area (Å²) in [5.41, 5.74) is 1.84. The molecule has 0 bridgehead atoms. The van der Waals surface area contributed by atoms with E-state index in [4.69, 9.17) is 14.3 Å².